The molecule has 1 saturated heterocycles. The summed E-state index contributed by atoms with van der Waals surface area (Å²) < 4.78 is 9.70. The first kappa shape index (κ1) is 16.9. The lowest BCUT2D eigenvalue weighted by atomic mass is 10.1. The number of rotatable bonds is 4. The fourth-order valence-electron chi connectivity index (χ4n) is 2.01. The van der Waals surface area contributed by atoms with Gasteiger partial charge >= 0.3 is 0 Å². The summed E-state index contributed by atoms with van der Waals surface area (Å²) in [6.07, 6.45) is 1.67. The summed E-state index contributed by atoms with van der Waals surface area (Å²) in [6, 6.07) is 10.9. The van der Waals surface area contributed by atoms with E-state index < -0.39 is 0 Å². The number of nitrogens with zero attached hydrogens (tertiary/aromatic N) is 2. The Morgan fingerprint density at radius 3 is 2.57 bits per heavy atom. The van der Waals surface area contributed by atoms with E-state index >= 15 is 0 Å². The molecular weight excluding hydrogens is 318 g/mol. The van der Waals surface area contributed by atoms with Crippen molar-refractivity contribution in [1.82, 2.24) is 4.98 Å². The minimum atomic E-state index is 0.0134. The molecule has 1 aliphatic heterocycles. The zero-order valence-electron chi connectivity index (χ0n) is 12.7. The molecule has 3 rings (SSSR count). The Bertz CT molecular complexity index is 631. The number of carbonyl (C=O) groups excluding carboxylic acids is 1. The van der Waals surface area contributed by atoms with E-state index in [2.05, 4.69) is 9.88 Å². The van der Waals surface area contributed by atoms with Crippen LogP contribution in [0.1, 0.15) is 0 Å². The molecule has 0 amide bonds. The van der Waals surface area contributed by atoms with Crippen molar-refractivity contribution in [2.24, 2.45) is 0 Å². The van der Waals surface area contributed by atoms with Crippen LogP contribution in [-0.2, 0) is 9.53 Å². The lowest BCUT2D eigenvalue weighted by Crippen LogP contribution is -2.52. The maximum Gasteiger partial charge on any atom is 0.293 e. The van der Waals surface area contributed by atoms with Gasteiger partial charge in [-0.25, -0.2) is 4.98 Å². The summed E-state index contributed by atoms with van der Waals surface area (Å²) in [4.78, 5) is 16.0. The molecule has 0 unspecified atom stereocenters. The molecule has 6 nitrogen and oxygen atoms in total. The van der Waals surface area contributed by atoms with Crippen LogP contribution in [0.4, 0.5) is 11.4 Å². The Kier molecular flexibility index (Phi) is 6.05. The number of nitrogens with two attached hydrogens (primary N) is 1. The molecule has 7 heteroatoms. The van der Waals surface area contributed by atoms with Crippen molar-refractivity contribution in [1.29, 1.82) is 0 Å². The molecule has 122 valence electrons. The highest BCUT2D eigenvalue weighted by Gasteiger charge is 2.28. The number of carbonyl (C=O) groups is 1. The van der Waals surface area contributed by atoms with Crippen LogP contribution in [0.3, 0.4) is 0 Å². The molecule has 1 fully saturated rings. The van der Waals surface area contributed by atoms with Gasteiger partial charge in [-0.05, 0) is 36.4 Å². The summed E-state index contributed by atoms with van der Waals surface area (Å²) in [5.41, 5.74) is 7.20. The van der Waals surface area contributed by atoms with Crippen molar-refractivity contribution in [3.63, 3.8) is 0 Å². The molecule has 0 atom stereocenters. The number of aromatic nitrogens is 1. The predicted molar refractivity (Wildman–Crippen MR) is 89.8 cm³/mol. The van der Waals surface area contributed by atoms with Gasteiger partial charge in [0.25, 0.3) is 6.47 Å². The number of hydrogen-bond acceptors (Lipinski definition) is 6. The molecule has 0 bridgehead atoms. The van der Waals surface area contributed by atoms with Crippen LogP contribution >= 0.6 is 11.6 Å². The van der Waals surface area contributed by atoms with Gasteiger partial charge in [-0.15, -0.1) is 0 Å². The Balaban J connectivity index is 0.000000185. The van der Waals surface area contributed by atoms with Gasteiger partial charge in [-0.3, -0.25) is 4.79 Å². The van der Waals surface area contributed by atoms with E-state index in [0.717, 1.165) is 30.2 Å². The van der Waals surface area contributed by atoms with Gasteiger partial charge < -0.3 is 20.1 Å². The topological polar surface area (TPSA) is 77.7 Å². The number of hydrogen-bond donors (Lipinski definition) is 1. The van der Waals surface area contributed by atoms with Crippen molar-refractivity contribution in [3.05, 3.63) is 47.7 Å². The van der Waals surface area contributed by atoms with Crippen molar-refractivity contribution >= 4 is 29.4 Å². The Morgan fingerprint density at radius 1 is 1.30 bits per heavy atom. The fraction of sp³-hybridized carbons (Fsp3) is 0.250. The quantitative estimate of drug-likeness (QED) is 0.525. The van der Waals surface area contributed by atoms with Crippen molar-refractivity contribution in [3.8, 4) is 5.75 Å². The third-order valence-electron chi connectivity index (χ3n) is 3.29. The summed E-state index contributed by atoms with van der Waals surface area (Å²) in [7, 11) is 1.63. The molecule has 1 aromatic heterocycles. The Hall–Kier alpha value is -2.47. The molecule has 0 saturated carbocycles. The van der Waals surface area contributed by atoms with E-state index in [1.54, 1.807) is 31.5 Å². The Morgan fingerprint density at radius 2 is 2.00 bits per heavy atom. The molecular formula is C16H18ClN3O3. The molecule has 0 spiro atoms. The number of nitrogen functional groups attached to an aromatic ring is 1. The SMILES string of the molecule is COc1ccc(N)cc1.O=COC1CN(c2ccnc(Cl)c2)C1. The maximum absolute atomic E-state index is 10.0. The van der Waals surface area contributed by atoms with Gasteiger partial charge in [0.05, 0.1) is 20.2 Å². The van der Waals surface area contributed by atoms with Gasteiger partial charge in [0.1, 0.15) is 17.0 Å². The average Bonchev–Trinajstić information content (AvgIpc) is 2.52. The summed E-state index contributed by atoms with van der Waals surface area (Å²) >= 11 is 5.74. The third-order valence-corrected chi connectivity index (χ3v) is 3.49. The van der Waals surface area contributed by atoms with Crippen LogP contribution in [0.2, 0.25) is 5.15 Å². The van der Waals surface area contributed by atoms with Gasteiger partial charge in [0.2, 0.25) is 0 Å². The van der Waals surface area contributed by atoms with Crippen LogP contribution in [0.15, 0.2) is 42.6 Å². The lowest BCUT2D eigenvalue weighted by molar-refractivity contribution is -0.134. The average molecular weight is 336 g/mol. The van der Waals surface area contributed by atoms with E-state index in [1.807, 2.05) is 18.2 Å². The smallest absolute Gasteiger partial charge is 0.293 e. The van der Waals surface area contributed by atoms with E-state index in [1.165, 1.54) is 0 Å². The van der Waals surface area contributed by atoms with Crippen LogP contribution in [0.5, 0.6) is 5.75 Å². The summed E-state index contributed by atoms with van der Waals surface area (Å²) in [6.45, 7) is 1.93. The number of pyridine rings is 1. The molecule has 2 N–H and O–H groups in total. The minimum Gasteiger partial charge on any atom is -0.497 e. The van der Waals surface area contributed by atoms with Crippen LogP contribution in [0, 0.1) is 0 Å². The highest BCUT2D eigenvalue weighted by atomic mass is 35.5. The highest BCUT2D eigenvalue weighted by molar-refractivity contribution is 6.29. The molecule has 0 radical (unpaired) electrons. The number of anilines is 2. The van der Waals surface area contributed by atoms with E-state index in [9.17, 15) is 4.79 Å². The van der Waals surface area contributed by atoms with Crippen molar-refractivity contribution in [2.45, 2.75) is 6.10 Å². The highest BCUT2D eigenvalue weighted by Crippen LogP contribution is 2.23. The largest absolute Gasteiger partial charge is 0.497 e. The van der Waals surface area contributed by atoms with Crippen molar-refractivity contribution < 1.29 is 14.3 Å². The minimum absolute atomic E-state index is 0.0134. The number of ether oxygens (including phenoxy) is 2. The molecule has 1 aliphatic rings. The van der Waals surface area contributed by atoms with Crippen LogP contribution in [0.25, 0.3) is 0 Å². The lowest BCUT2D eigenvalue weighted by Gasteiger charge is -2.39. The normalized spacial score (nSPS) is 13.4. The second kappa shape index (κ2) is 8.24. The van der Waals surface area contributed by atoms with Crippen LogP contribution in [-0.4, -0.2) is 37.8 Å². The van der Waals surface area contributed by atoms with Gasteiger partial charge in [0.15, 0.2) is 0 Å². The first-order chi connectivity index (χ1) is 11.1. The van der Waals surface area contributed by atoms with E-state index in [-0.39, 0.29) is 6.10 Å². The monoisotopic (exact) mass is 335 g/mol. The number of methoxy groups -OCH3 is 1. The summed E-state index contributed by atoms with van der Waals surface area (Å²) in [5, 5.41) is 0.474. The molecule has 23 heavy (non-hydrogen) atoms. The standard InChI is InChI=1S/C9H9ClN2O2.C7H9NO/c10-9-3-7(1-2-11-9)12-4-8(5-12)14-6-13;1-9-7-4-2-6(8)3-5-7/h1-3,6,8H,4-5H2;2-5H,8H2,1H3. The van der Waals surface area contributed by atoms with E-state index in [0.29, 0.717) is 11.6 Å². The first-order valence-electron chi connectivity index (χ1n) is 6.97. The third kappa shape index (κ3) is 5.03. The molecule has 1 aromatic carbocycles. The van der Waals surface area contributed by atoms with Gasteiger partial charge in [-0.2, -0.15) is 0 Å². The number of benzene rings is 1. The zero-order valence-corrected chi connectivity index (χ0v) is 13.4. The zero-order chi connectivity index (χ0) is 16.7. The second-order valence-electron chi connectivity index (χ2n) is 4.87. The Labute approximate surface area is 139 Å². The second-order valence-corrected chi connectivity index (χ2v) is 5.26. The van der Waals surface area contributed by atoms with E-state index in [4.69, 9.17) is 26.8 Å². The van der Waals surface area contributed by atoms with Crippen LogP contribution < -0.4 is 15.4 Å². The fourth-order valence-corrected chi connectivity index (χ4v) is 2.17. The number of halogens is 1. The molecule has 0 aliphatic carbocycles. The van der Waals surface area contributed by atoms with Crippen molar-refractivity contribution in [2.75, 3.05) is 30.8 Å². The summed E-state index contributed by atoms with van der Waals surface area (Å²) in [5.74, 6) is 0.837. The maximum atomic E-state index is 10.0. The first-order valence-corrected chi connectivity index (χ1v) is 7.35. The predicted octanol–water partition coefficient (Wildman–Crippen LogP) is 2.37. The van der Waals surface area contributed by atoms with Gasteiger partial charge in [0, 0.05) is 17.6 Å². The molecule has 2 aromatic rings. The van der Waals surface area contributed by atoms with Gasteiger partial charge in [-0.1, -0.05) is 11.6 Å². The molecule has 2 heterocycles.